The van der Waals surface area contributed by atoms with Crippen LogP contribution in [0.5, 0.6) is 0 Å². The fraction of sp³-hybridized carbons (Fsp3) is 0.909. The van der Waals surface area contributed by atoms with Crippen molar-refractivity contribution >= 4 is 5.91 Å². The molecule has 0 aromatic carbocycles. The van der Waals surface area contributed by atoms with Gasteiger partial charge in [-0.05, 0) is 5.92 Å². The van der Waals surface area contributed by atoms with Crippen LogP contribution in [0.4, 0.5) is 0 Å². The molecule has 0 saturated heterocycles. The van der Waals surface area contributed by atoms with E-state index in [2.05, 4.69) is 5.32 Å². The molecular weight excluding hydrogens is 192 g/mol. The molecule has 4 heteroatoms. The maximum atomic E-state index is 11.4. The fourth-order valence-electron chi connectivity index (χ4n) is 1.49. The van der Waals surface area contributed by atoms with E-state index in [1.807, 2.05) is 13.8 Å². The van der Waals surface area contributed by atoms with E-state index in [1.54, 1.807) is 6.92 Å². The molecule has 0 bridgehead atoms. The Morgan fingerprint density at radius 3 is 2.33 bits per heavy atom. The van der Waals surface area contributed by atoms with Gasteiger partial charge in [-0.1, -0.05) is 33.6 Å². The van der Waals surface area contributed by atoms with Crippen molar-refractivity contribution in [1.82, 2.24) is 5.32 Å². The number of carbonyl (C=O) groups excluding carboxylic acids is 1. The third-order valence-corrected chi connectivity index (χ3v) is 2.88. The van der Waals surface area contributed by atoms with Gasteiger partial charge in [0.05, 0.1) is 6.10 Å². The number of nitrogens with two attached hydrogens (primary N) is 1. The summed E-state index contributed by atoms with van der Waals surface area (Å²) in [4.78, 5) is 11.4. The summed E-state index contributed by atoms with van der Waals surface area (Å²) in [6.45, 7) is 6.53. The zero-order chi connectivity index (χ0) is 11.8. The highest BCUT2D eigenvalue weighted by molar-refractivity contribution is 5.78. The highest BCUT2D eigenvalue weighted by Gasteiger charge is 2.17. The van der Waals surface area contributed by atoms with E-state index in [4.69, 9.17) is 5.73 Å². The third kappa shape index (κ3) is 5.14. The molecule has 0 aromatic heterocycles. The van der Waals surface area contributed by atoms with Gasteiger partial charge in [-0.15, -0.1) is 0 Å². The highest BCUT2D eigenvalue weighted by Crippen LogP contribution is 2.12. The van der Waals surface area contributed by atoms with Crippen molar-refractivity contribution < 1.29 is 9.90 Å². The van der Waals surface area contributed by atoms with Crippen molar-refractivity contribution in [2.75, 3.05) is 13.1 Å². The average Bonchev–Trinajstić information content (AvgIpc) is 2.26. The molecule has 0 heterocycles. The van der Waals surface area contributed by atoms with E-state index >= 15 is 0 Å². The van der Waals surface area contributed by atoms with Gasteiger partial charge in [0.2, 0.25) is 5.91 Å². The summed E-state index contributed by atoms with van der Waals surface area (Å²) in [6.07, 6.45) is 1.41. The number of hydrogen-bond acceptors (Lipinski definition) is 3. The molecule has 0 aliphatic rings. The number of hydrogen-bond donors (Lipinski definition) is 3. The van der Waals surface area contributed by atoms with Crippen LogP contribution in [0.15, 0.2) is 0 Å². The molecular formula is C11H24N2O2. The summed E-state index contributed by atoms with van der Waals surface area (Å²) < 4.78 is 0. The molecule has 0 saturated carbocycles. The monoisotopic (exact) mass is 216 g/mol. The first-order chi connectivity index (χ1) is 7.06. The zero-order valence-electron chi connectivity index (χ0n) is 9.99. The van der Waals surface area contributed by atoms with Gasteiger partial charge in [-0.25, -0.2) is 0 Å². The van der Waals surface area contributed by atoms with Crippen LogP contribution in [-0.2, 0) is 4.79 Å². The molecule has 2 unspecified atom stereocenters. The smallest absolute Gasteiger partial charge is 0.224 e. The van der Waals surface area contributed by atoms with E-state index in [0.717, 1.165) is 12.8 Å². The Bertz CT molecular complexity index is 181. The van der Waals surface area contributed by atoms with Crippen molar-refractivity contribution in [3.8, 4) is 0 Å². The summed E-state index contributed by atoms with van der Waals surface area (Å²) >= 11 is 0. The lowest BCUT2D eigenvalue weighted by atomic mass is 9.96. The van der Waals surface area contributed by atoms with Gasteiger partial charge in [-0.2, -0.15) is 0 Å². The molecule has 0 rings (SSSR count). The summed E-state index contributed by atoms with van der Waals surface area (Å²) in [5.41, 5.74) is 5.37. The maximum absolute atomic E-state index is 11.4. The van der Waals surface area contributed by atoms with Crippen LogP contribution < -0.4 is 11.1 Å². The number of aliphatic hydroxyl groups is 1. The van der Waals surface area contributed by atoms with Crippen molar-refractivity contribution in [2.45, 2.75) is 39.7 Å². The van der Waals surface area contributed by atoms with Gasteiger partial charge in [-0.3, -0.25) is 4.79 Å². The second-order valence-corrected chi connectivity index (χ2v) is 4.03. The number of carbonyl (C=O) groups is 1. The Morgan fingerprint density at radius 2 is 1.93 bits per heavy atom. The van der Waals surface area contributed by atoms with Crippen LogP contribution >= 0.6 is 0 Å². The van der Waals surface area contributed by atoms with Crippen LogP contribution in [0.1, 0.15) is 33.6 Å². The minimum absolute atomic E-state index is 0.0810. The van der Waals surface area contributed by atoms with E-state index < -0.39 is 6.10 Å². The van der Waals surface area contributed by atoms with E-state index in [0.29, 0.717) is 13.1 Å². The Morgan fingerprint density at radius 1 is 1.40 bits per heavy atom. The van der Waals surface area contributed by atoms with Crippen LogP contribution in [0.3, 0.4) is 0 Å². The van der Waals surface area contributed by atoms with E-state index in [9.17, 15) is 9.90 Å². The minimum atomic E-state index is -0.450. The summed E-state index contributed by atoms with van der Waals surface area (Å²) in [6, 6.07) is 0. The summed E-state index contributed by atoms with van der Waals surface area (Å²) in [7, 11) is 0. The molecule has 0 spiro atoms. The van der Waals surface area contributed by atoms with Crippen LogP contribution in [0.25, 0.3) is 0 Å². The molecule has 0 aromatic rings. The molecule has 15 heavy (non-hydrogen) atoms. The quantitative estimate of drug-likeness (QED) is 0.580. The topological polar surface area (TPSA) is 75.3 Å². The summed E-state index contributed by atoms with van der Waals surface area (Å²) in [5, 5.41) is 12.5. The van der Waals surface area contributed by atoms with Crippen LogP contribution in [0.2, 0.25) is 0 Å². The predicted molar refractivity (Wildman–Crippen MR) is 61.3 cm³/mol. The molecule has 2 atom stereocenters. The molecule has 0 aliphatic carbocycles. The third-order valence-electron chi connectivity index (χ3n) is 2.88. The maximum Gasteiger partial charge on any atom is 0.224 e. The fourth-order valence-corrected chi connectivity index (χ4v) is 1.49. The van der Waals surface area contributed by atoms with Gasteiger partial charge in [0, 0.05) is 19.0 Å². The second-order valence-electron chi connectivity index (χ2n) is 4.03. The zero-order valence-corrected chi connectivity index (χ0v) is 9.99. The highest BCUT2D eigenvalue weighted by atomic mass is 16.3. The number of nitrogens with one attached hydrogen (secondary N) is 1. The minimum Gasteiger partial charge on any atom is -0.391 e. The van der Waals surface area contributed by atoms with Crippen LogP contribution in [-0.4, -0.2) is 30.2 Å². The van der Waals surface area contributed by atoms with Crippen molar-refractivity contribution in [1.29, 1.82) is 0 Å². The molecule has 0 aliphatic heterocycles. The number of aliphatic hydroxyl groups excluding tert-OH is 1. The molecule has 0 fully saturated rings. The Hall–Kier alpha value is -0.610. The largest absolute Gasteiger partial charge is 0.391 e. The lowest BCUT2D eigenvalue weighted by Crippen LogP contribution is -2.40. The Balaban J connectivity index is 3.88. The van der Waals surface area contributed by atoms with Gasteiger partial charge in [0.15, 0.2) is 0 Å². The second kappa shape index (κ2) is 7.65. The Labute approximate surface area is 92.2 Å². The normalized spacial score (nSPS) is 15.1. The average molecular weight is 216 g/mol. The van der Waals surface area contributed by atoms with Crippen molar-refractivity contribution in [3.63, 3.8) is 0 Å². The van der Waals surface area contributed by atoms with E-state index in [1.165, 1.54) is 0 Å². The number of amides is 1. The Kier molecular flexibility index (Phi) is 7.34. The molecule has 1 amide bonds. The first-order valence-electron chi connectivity index (χ1n) is 5.72. The predicted octanol–water partition coefficient (Wildman–Crippen LogP) is 0.495. The summed E-state index contributed by atoms with van der Waals surface area (Å²) in [5.74, 6) is -0.000100. The molecule has 0 radical (unpaired) electrons. The van der Waals surface area contributed by atoms with Gasteiger partial charge in [0.1, 0.15) is 0 Å². The van der Waals surface area contributed by atoms with E-state index in [-0.39, 0.29) is 17.7 Å². The van der Waals surface area contributed by atoms with Crippen molar-refractivity contribution in [3.05, 3.63) is 0 Å². The standard InChI is InChI=1S/C11H24N2O2/c1-4-9(5-2)10(14)7-13-11(15)8(3)6-12/h8-10,14H,4-7,12H2,1-3H3,(H,13,15). The first-order valence-corrected chi connectivity index (χ1v) is 5.72. The molecule has 4 N–H and O–H groups in total. The van der Waals surface area contributed by atoms with Gasteiger partial charge in [0.25, 0.3) is 0 Å². The molecule has 90 valence electrons. The van der Waals surface area contributed by atoms with Gasteiger partial charge < -0.3 is 16.2 Å². The van der Waals surface area contributed by atoms with Crippen LogP contribution in [0, 0.1) is 11.8 Å². The van der Waals surface area contributed by atoms with Crippen molar-refractivity contribution in [2.24, 2.45) is 17.6 Å². The number of rotatable bonds is 7. The van der Waals surface area contributed by atoms with Gasteiger partial charge >= 0.3 is 0 Å². The lowest BCUT2D eigenvalue weighted by Gasteiger charge is -2.21. The lowest BCUT2D eigenvalue weighted by molar-refractivity contribution is -0.124. The molecule has 4 nitrogen and oxygen atoms in total. The first kappa shape index (κ1) is 14.4. The SMILES string of the molecule is CCC(CC)C(O)CNC(=O)C(C)CN.